The number of benzene rings is 1. The molecule has 0 atom stereocenters. The van der Waals surface area contributed by atoms with Crippen molar-refractivity contribution in [1.29, 1.82) is 0 Å². The van der Waals surface area contributed by atoms with Crippen molar-refractivity contribution in [3.05, 3.63) is 28.7 Å². The van der Waals surface area contributed by atoms with E-state index in [4.69, 9.17) is 0 Å². The van der Waals surface area contributed by atoms with Crippen molar-refractivity contribution in [3.63, 3.8) is 0 Å². The van der Waals surface area contributed by atoms with Crippen LogP contribution in [0.15, 0.2) is 28.7 Å². The Hall–Kier alpha value is -0.830. The molecular weight excluding hydrogens is 278 g/mol. The Labute approximate surface area is 111 Å². The zero-order valence-electron chi connectivity index (χ0n) is 9.92. The van der Waals surface area contributed by atoms with Gasteiger partial charge in [-0.1, -0.05) is 35.2 Å². The molecule has 92 valence electrons. The molecule has 0 heterocycles. The van der Waals surface area contributed by atoms with Gasteiger partial charge in [0, 0.05) is 16.6 Å². The molecule has 1 aliphatic rings. The van der Waals surface area contributed by atoms with Crippen LogP contribution in [-0.4, -0.2) is 5.91 Å². The smallest absolute Gasteiger partial charge is 0.224 e. The van der Waals surface area contributed by atoms with E-state index in [0.29, 0.717) is 12.3 Å². The third kappa shape index (κ3) is 4.15. The van der Waals surface area contributed by atoms with Gasteiger partial charge in [0.15, 0.2) is 0 Å². The quantitative estimate of drug-likeness (QED) is 0.882. The summed E-state index contributed by atoms with van der Waals surface area (Å²) in [6.07, 6.45) is 7.02. The van der Waals surface area contributed by atoms with Gasteiger partial charge in [-0.25, -0.2) is 0 Å². The summed E-state index contributed by atoms with van der Waals surface area (Å²) < 4.78 is 1.03. The highest BCUT2D eigenvalue weighted by Gasteiger charge is 2.16. The van der Waals surface area contributed by atoms with Crippen LogP contribution in [0.3, 0.4) is 0 Å². The highest BCUT2D eigenvalue weighted by atomic mass is 79.9. The average Bonchev–Trinajstić information content (AvgIpc) is 2.33. The normalized spacial score (nSPS) is 16.8. The molecule has 17 heavy (non-hydrogen) atoms. The SMILES string of the molecule is O=C(CC1CCCCC1)Nc1ccc(Br)cc1. The first-order valence-electron chi connectivity index (χ1n) is 6.29. The lowest BCUT2D eigenvalue weighted by atomic mass is 9.87. The third-order valence-corrected chi connectivity index (χ3v) is 3.86. The van der Waals surface area contributed by atoms with Gasteiger partial charge in [-0.3, -0.25) is 4.79 Å². The van der Waals surface area contributed by atoms with Gasteiger partial charge >= 0.3 is 0 Å². The Kier molecular flexibility index (Phi) is 4.60. The number of rotatable bonds is 3. The lowest BCUT2D eigenvalue weighted by Crippen LogP contribution is -2.18. The van der Waals surface area contributed by atoms with Gasteiger partial charge in [-0.15, -0.1) is 0 Å². The maximum absolute atomic E-state index is 11.8. The molecule has 2 rings (SSSR count). The molecule has 1 fully saturated rings. The molecule has 2 nitrogen and oxygen atoms in total. The van der Waals surface area contributed by atoms with Gasteiger partial charge in [-0.05, 0) is 43.0 Å². The van der Waals surface area contributed by atoms with Crippen LogP contribution in [0.5, 0.6) is 0 Å². The van der Waals surface area contributed by atoms with Crippen LogP contribution in [-0.2, 0) is 4.79 Å². The molecule has 1 N–H and O–H groups in total. The Morgan fingerprint density at radius 1 is 1.18 bits per heavy atom. The lowest BCUT2D eigenvalue weighted by Gasteiger charge is -2.20. The van der Waals surface area contributed by atoms with E-state index in [1.165, 1.54) is 32.1 Å². The van der Waals surface area contributed by atoms with E-state index in [9.17, 15) is 4.79 Å². The van der Waals surface area contributed by atoms with E-state index in [-0.39, 0.29) is 5.91 Å². The minimum absolute atomic E-state index is 0.152. The zero-order chi connectivity index (χ0) is 12.1. The van der Waals surface area contributed by atoms with Crippen molar-refractivity contribution in [2.45, 2.75) is 38.5 Å². The molecule has 1 aromatic carbocycles. The molecule has 0 radical (unpaired) electrons. The minimum atomic E-state index is 0.152. The number of carbonyl (C=O) groups excluding carboxylic acids is 1. The summed E-state index contributed by atoms with van der Waals surface area (Å²) in [7, 11) is 0. The topological polar surface area (TPSA) is 29.1 Å². The van der Waals surface area contributed by atoms with Gasteiger partial charge in [0.05, 0.1) is 0 Å². The van der Waals surface area contributed by atoms with Crippen LogP contribution in [0, 0.1) is 5.92 Å². The Morgan fingerprint density at radius 2 is 1.82 bits per heavy atom. The number of anilines is 1. The highest BCUT2D eigenvalue weighted by Crippen LogP contribution is 2.26. The predicted molar refractivity (Wildman–Crippen MR) is 74.0 cm³/mol. The maximum atomic E-state index is 11.8. The highest BCUT2D eigenvalue weighted by molar-refractivity contribution is 9.10. The Morgan fingerprint density at radius 3 is 2.47 bits per heavy atom. The second-order valence-corrected chi connectivity index (χ2v) is 5.68. The molecule has 1 saturated carbocycles. The molecule has 0 bridgehead atoms. The first-order chi connectivity index (χ1) is 8.24. The lowest BCUT2D eigenvalue weighted by molar-refractivity contribution is -0.117. The summed E-state index contributed by atoms with van der Waals surface area (Å²) in [6, 6.07) is 7.72. The summed E-state index contributed by atoms with van der Waals surface area (Å²) in [4.78, 5) is 11.8. The van der Waals surface area contributed by atoms with Crippen molar-refractivity contribution in [2.75, 3.05) is 5.32 Å². The van der Waals surface area contributed by atoms with Gasteiger partial charge in [0.1, 0.15) is 0 Å². The molecule has 1 aliphatic carbocycles. The van der Waals surface area contributed by atoms with Crippen molar-refractivity contribution in [3.8, 4) is 0 Å². The number of nitrogens with one attached hydrogen (secondary N) is 1. The van der Waals surface area contributed by atoms with Gasteiger partial charge in [-0.2, -0.15) is 0 Å². The Balaban J connectivity index is 1.82. The average molecular weight is 296 g/mol. The summed E-state index contributed by atoms with van der Waals surface area (Å²) >= 11 is 3.38. The summed E-state index contributed by atoms with van der Waals surface area (Å²) in [6.45, 7) is 0. The van der Waals surface area contributed by atoms with Crippen molar-refractivity contribution >= 4 is 27.5 Å². The van der Waals surface area contributed by atoms with Crippen LogP contribution < -0.4 is 5.32 Å². The monoisotopic (exact) mass is 295 g/mol. The Bertz CT molecular complexity index is 368. The number of hydrogen-bond donors (Lipinski definition) is 1. The van der Waals surface area contributed by atoms with Crippen molar-refractivity contribution in [1.82, 2.24) is 0 Å². The van der Waals surface area contributed by atoms with E-state index in [0.717, 1.165) is 10.2 Å². The van der Waals surface area contributed by atoms with E-state index >= 15 is 0 Å². The van der Waals surface area contributed by atoms with Crippen LogP contribution >= 0.6 is 15.9 Å². The van der Waals surface area contributed by atoms with E-state index in [1.54, 1.807) is 0 Å². The maximum Gasteiger partial charge on any atom is 0.224 e. The summed E-state index contributed by atoms with van der Waals surface area (Å²) in [5.74, 6) is 0.749. The number of amides is 1. The number of halogens is 1. The van der Waals surface area contributed by atoms with Crippen LogP contribution in [0.25, 0.3) is 0 Å². The molecular formula is C14H18BrNO. The molecule has 3 heteroatoms. The van der Waals surface area contributed by atoms with Crippen LogP contribution in [0.4, 0.5) is 5.69 Å². The standard InChI is InChI=1S/C14H18BrNO/c15-12-6-8-13(9-7-12)16-14(17)10-11-4-2-1-3-5-11/h6-9,11H,1-5,10H2,(H,16,17). The fourth-order valence-corrected chi connectivity index (χ4v) is 2.66. The zero-order valence-corrected chi connectivity index (χ0v) is 11.5. The van der Waals surface area contributed by atoms with E-state index < -0.39 is 0 Å². The molecule has 1 aromatic rings. The fourth-order valence-electron chi connectivity index (χ4n) is 2.40. The van der Waals surface area contributed by atoms with Gasteiger partial charge < -0.3 is 5.32 Å². The van der Waals surface area contributed by atoms with Gasteiger partial charge in [0.25, 0.3) is 0 Å². The second kappa shape index (κ2) is 6.20. The van der Waals surface area contributed by atoms with E-state index in [2.05, 4.69) is 21.2 Å². The molecule has 0 unspecified atom stereocenters. The molecule has 0 aliphatic heterocycles. The predicted octanol–water partition coefficient (Wildman–Crippen LogP) is 4.36. The van der Waals surface area contributed by atoms with Gasteiger partial charge in [0.2, 0.25) is 5.91 Å². The summed E-state index contributed by atoms with van der Waals surface area (Å²) in [5.41, 5.74) is 0.883. The largest absolute Gasteiger partial charge is 0.326 e. The molecule has 0 spiro atoms. The second-order valence-electron chi connectivity index (χ2n) is 4.76. The van der Waals surface area contributed by atoms with Crippen LogP contribution in [0.2, 0.25) is 0 Å². The first kappa shape index (κ1) is 12.6. The van der Waals surface area contributed by atoms with Crippen LogP contribution in [0.1, 0.15) is 38.5 Å². The van der Waals surface area contributed by atoms with Crippen molar-refractivity contribution in [2.24, 2.45) is 5.92 Å². The molecule has 1 amide bonds. The fraction of sp³-hybridized carbons (Fsp3) is 0.500. The molecule has 0 aromatic heterocycles. The number of hydrogen-bond acceptors (Lipinski definition) is 1. The number of carbonyl (C=O) groups is 1. The first-order valence-corrected chi connectivity index (χ1v) is 7.09. The van der Waals surface area contributed by atoms with Crippen molar-refractivity contribution < 1.29 is 4.79 Å². The third-order valence-electron chi connectivity index (χ3n) is 3.33. The summed E-state index contributed by atoms with van der Waals surface area (Å²) in [5, 5.41) is 2.96. The van der Waals surface area contributed by atoms with E-state index in [1.807, 2.05) is 24.3 Å². The molecule has 0 saturated heterocycles. The minimum Gasteiger partial charge on any atom is -0.326 e.